The van der Waals surface area contributed by atoms with Crippen LogP contribution in [0.4, 0.5) is 0 Å². The molecule has 2 atom stereocenters. The van der Waals surface area contributed by atoms with Crippen LogP contribution in [0, 0.1) is 0 Å². The summed E-state index contributed by atoms with van der Waals surface area (Å²) in [5.74, 6) is 0. The average Bonchev–Trinajstić information content (AvgIpc) is 2.24. The van der Waals surface area contributed by atoms with Crippen molar-refractivity contribution in [3.63, 3.8) is 0 Å². The third-order valence-electron chi connectivity index (χ3n) is 3.58. The van der Waals surface area contributed by atoms with Crippen molar-refractivity contribution >= 4 is 0 Å². The van der Waals surface area contributed by atoms with E-state index >= 15 is 0 Å². The van der Waals surface area contributed by atoms with Gasteiger partial charge in [0.25, 0.3) is 0 Å². The number of ether oxygens (including phenoxy) is 2. The molecule has 0 spiro atoms. The molecule has 4 heteroatoms. The van der Waals surface area contributed by atoms with Gasteiger partial charge in [-0.25, -0.2) is 0 Å². The number of nitrogens with one attached hydrogen (secondary N) is 2. The molecule has 1 heterocycles. The fourth-order valence-electron chi connectivity index (χ4n) is 2.56. The number of methoxy groups -OCH3 is 1. The van der Waals surface area contributed by atoms with E-state index in [-0.39, 0.29) is 0 Å². The molecule has 16 heavy (non-hydrogen) atoms. The monoisotopic (exact) mass is 228 g/mol. The van der Waals surface area contributed by atoms with Crippen LogP contribution in [0.5, 0.6) is 0 Å². The Bertz CT molecular complexity index is 201. The molecule has 2 fully saturated rings. The molecule has 0 amide bonds. The maximum absolute atomic E-state index is 5.45. The van der Waals surface area contributed by atoms with Crippen molar-refractivity contribution in [2.45, 2.75) is 50.4 Å². The van der Waals surface area contributed by atoms with E-state index in [1.165, 1.54) is 0 Å². The minimum atomic E-state index is 0.487. The molecule has 0 aromatic rings. The Morgan fingerprint density at radius 1 is 1.50 bits per heavy atom. The zero-order chi connectivity index (χ0) is 11.4. The lowest BCUT2D eigenvalue weighted by molar-refractivity contribution is 0.0128. The largest absolute Gasteiger partial charge is 0.381 e. The van der Waals surface area contributed by atoms with E-state index in [9.17, 15) is 0 Å². The van der Waals surface area contributed by atoms with E-state index in [1.807, 2.05) is 0 Å². The van der Waals surface area contributed by atoms with Gasteiger partial charge in [-0.05, 0) is 26.2 Å². The molecule has 1 aliphatic carbocycles. The molecule has 0 aromatic carbocycles. The Morgan fingerprint density at radius 2 is 2.31 bits per heavy atom. The molecule has 1 saturated heterocycles. The molecular formula is C12H24N2O2. The first-order valence-corrected chi connectivity index (χ1v) is 6.38. The molecule has 1 saturated carbocycles. The van der Waals surface area contributed by atoms with Crippen molar-refractivity contribution in [2.24, 2.45) is 0 Å². The maximum atomic E-state index is 5.45. The third-order valence-corrected chi connectivity index (χ3v) is 3.58. The molecule has 4 nitrogen and oxygen atoms in total. The predicted molar refractivity (Wildman–Crippen MR) is 63.6 cm³/mol. The second kappa shape index (κ2) is 5.96. The zero-order valence-corrected chi connectivity index (χ0v) is 10.4. The van der Waals surface area contributed by atoms with Crippen LogP contribution >= 0.6 is 0 Å². The van der Waals surface area contributed by atoms with E-state index in [0.29, 0.717) is 24.2 Å². The summed E-state index contributed by atoms with van der Waals surface area (Å²) in [5.41, 5.74) is 0. The average molecular weight is 228 g/mol. The SMILES string of the molecule is COC1CC(NC(C)CC2COCCN2)C1. The van der Waals surface area contributed by atoms with Crippen LogP contribution in [0.25, 0.3) is 0 Å². The van der Waals surface area contributed by atoms with Gasteiger partial charge in [0.1, 0.15) is 0 Å². The quantitative estimate of drug-likeness (QED) is 0.720. The molecule has 0 bridgehead atoms. The molecule has 2 aliphatic rings. The van der Waals surface area contributed by atoms with Crippen LogP contribution in [-0.2, 0) is 9.47 Å². The molecular weight excluding hydrogens is 204 g/mol. The van der Waals surface area contributed by atoms with Crippen molar-refractivity contribution in [2.75, 3.05) is 26.9 Å². The van der Waals surface area contributed by atoms with Crippen molar-refractivity contribution in [1.82, 2.24) is 10.6 Å². The molecule has 1 aliphatic heterocycles. The molecule has 0 radical (unpaired) electrons. The highest BCUT2D eigenvalue weighted by Gasteiger charge is 2.30. The summed E-state index contributed by atoms with van der Waals surface area (Å²) in [6, 6.07) is 1.74. The lowest BCUT2D eigenvalue weighted by Crippen LogP contribution is -2.51. The van der Waals surface area contributed by atoms with Gasteiger partial charge in [0.2, 0.25) is 0 Å². The van der Waals surface area contributed by atoms with Gasteiger partial charge in [-0.1, -0.05) is 0 Å². The Labute approximate surface area is 98.1 Å². The van der Waals surface area contributed by atoms with Crippen LogP contribution in [0.2, 0.25) is 0 Å². The summed E-state index contributed by atoms with van der Waals surface area (Å²) in [5, 5.41) is 7.14. The van der Waals surface area contributed by atoms with E-state index in [0.717, 1.165) is 39.0 Å². The predicted octanol–water partition coefficient (Wildman–Crippen LogP) is 0.520. The highest BCUT2D eigenvalue weighted by Crippen LogP contribution is 2.23. The van der Waals surface area contributed by atoms with E-state index < -0.39 is 0 Å². The lowest BCUT2D eigenvalue weighted by atomic mass is 9.88. The van der Waals surface area contributed by atoms with Crippen LogP contribution in [0.15, 0.2) is 0 Å². The van der Waals surface area contributed by atoms with Gasteiger partial charge in [0.15, 0.2) is 0 Å². The van der Waals surface area contributed by atoms with Gasteiger partial charge in [0.05, 0.1) is 19.3 Å². The summed E-state index contributed by atoms with van der Waals surface area (Å²) in [6.07, 6.45) is 3.96. The molecule has 94 valence electrons. The molecule has 2 rings (SSSR count). The fraction of sp³-hybridized carbons (Fsp3) is 1.00. The van der Waals surface area contributed by atoms with Crippen molar-refractivity contribution in [3.8, 4) is 0 Å². The topological polar surface area (TPSA) is 42.5 Å². The smallest absolute Gasteiger partial charge is 0.0620 e. The fourth-order valence-corrected chi connectivity index (χ4v) is 2.56. The van der Waals surface area contributed by atoms with Crippen LogP contribution in [0.1, 0.15) is 26.2 Å². The summed E-state index contributed by atoms with van der Waals surface area (Å²) < 4.78 is 10.7. The second-order valence-corrected chi connectivity index (χ2v) is 5.06. The minimum Gasteiger partial charge on any atom is -0.381 e. The molecule has 2 N–H and O–H groups in total. The van der Waals surface area contributed by atoms with Crippen LogP contribution in [-0.4, -0.2) is 51.1 Å². The van der Waals surface area contributed by atoms with Crippen molar-refractivity contribution in [1.29, 1.82) is 0 Å². The summed E-state index contributed by atoms with van der Waals surface area (Å²) in [7, 11) is 1.80. The highest BCUT2D eigenvalue weighted by atomic mass is 16.5. The number of rotatable bonds is 5. The van der Waals surface area contributed by atoms with Gasteiger partial charge in [-0.3, -0.25) is 0 Å². The first-order chi connectivity index (χ1) is 7.78. The first kappa shape index (κ1) is 12.3. The standard InChI is InChI=1S/C12H24N2O2/c1-9(5-11-8-16-4-3-13-11)14-10-6-12(7-10)15-2/h9-14H,3-8H2,1-2H3. The first-order valence-electron chi connectivity index (χ1n) is 6.38. The Kier molecular flexibility index (Phi) is 4.58. The Hall–Kier alpha value is -0.160. The summed E-state index contributed by atoms with van der Waals surface area (Å²) in [6.45, 7) is 4.97. The van der Waals surface area contributed by atoms with Gasteiger partial charge in [-0.2, -0.15) is 0 Å². The number of hydrogen-bond donors (Lipinski definition) is 2. The van der Waals surface area contributed by atoms with Crippen LogP contribution in [0.3, 0.4) is 0 Å². The second-order valence-electron chi connectivity index (χ2n) is 5.06. The van der Waals surface area contributed by atoms with Crippen molar-refractivity contribution in [3.05, 3.63) is 0 Å². The minimum absolute atomic E-state index is 0.487. The Balaban J connectivity index is 1.59. The summed E-state index contributed by atoms with van der Waals surface area (Å²) >= 11 is 0. The van der Waals surface area contributed by atoms with E-state index in [4.69, 9.17) is 9.47 Å². The van der Waals surface area contributed by atoms with Gasteiger partial charge in [0, 0.05) is 31.8 Å². The van der Waals surface area contributed by atoms with Gasteiger partial charge in [-0.15, -0.1) is 0 Å². The highest BCUT2D eigenvalue weighted by molar-refractivity contribution is 4.88. The van der Waals surface area contributed by atoms with E-state index in [1.54, 1.807) is 7.11 Å². The lowest BCUT2D eigenvalue weighted by Gasteiger charge is -2.37. The molecule has 0 aromatic heterocycles. The van der Waals surface area contributed by atoms with Crippen LogP contribution < -0.4 is 10.6 Å². The number of hydrogen-bond acceptors (Lipinski definition) is 4. The normalized spacial score (nSPS) is 36.8. The Morgan fingerprint density at radius 3 is 2.94 bits per heavy atom. The van der Waals surface area contributed by atoms with Gasteiger partial charge < -0.3 is 20.1 Å². The van der Waals surface area contributed by atoms with Crippen molar-refractivity contribution < 1.29 is 9.47 Å². The zero-order valence-electron chi connectivity index (χ0n) is 10.4. The summed E-state index contributed by atoms with van der Waals surface area (Å²) in [4.78, 5) is 0. The maximum Gasteiger partial charge on any atom is 0.0620 e. The van der Waals surface area contributed by atoms with E-state index in [2.05, 4.69) is 17.6 Å². The third kappa shape index (κ3) is 3.42. The van der Waals surface area contributed by atoms with Gasteiger partial charge >= 0.3 is 0 Å². The molecule has 2 unspecified atom stereocenters. The number of morpholine rings is 1.